The lowest BCUT2D eigenvalue weighted by atomic mass is 10.2. The normalized spacial score (nSPS) is 17.3. The quantitative estimate of drug-likeness (QED) is 0.786. The van der Waals surface area contributed by atoms with Crippen molar-refractivity contribution in [1.82, 2.24) is 4.90 Å². The Bertz CT molecular complexity index is 475. The maximum Gasteiger partial charge on any atom is 0.321 e. The minimum Gasteiger partial charge on any atom is -0.491 e. The average molecular weight is 308 g/mol. The molecule has 6 nitrogen and oxygen atoms in total. The van der Waals surface area contributed by atoms with Crippen LogP contribution >= 0.6 is 0 Å². The summed E-state index contributed by atoms with van der Waals surface area (Å²) >= 11 is 0. The zero-order valence-corrected chi connectivity index (χ0v) is 13.2. The third kappa shape index (κ3) is 5.20. The van der Waals surface area contributed by atoms with Gasteiger partial charge in [-0.2, -0.15) is 0 Å². The van der Waals surface area contributed by atoms with E-state index in [2.05, 4.69) is 5.32 Å². The Morgan fingerprint density at radius 1 is 1.45 bits per heavy atom. The summed E-state index contributed by atoms with van der Waals surface area (Å²) in [4.78, 5) is 13.8. The van der Waals surface area contributed by atoms with Crippen LogP contribution in [0.25, 0.3) is 0 Å². The SMILES string of the molecule is COCCOc1cccc(NC(=O)N(C)CC2CCCO2)c1. The van der Waals surface area contributed by atoms with Crippen molar-refractivity contribution >= 4 is 11.7 Å². The number of methoxy groups -OCH3 is 1. The van der Waals surface area contributed by atoms with E-state index in [1.54, 1.807) is 25.1 Å². The first kappa shape index (κ1) is 16.6. The summed E-state index contributed by atoms with van der Waals surface area (Å²) in [6, 6.07) is 7.18. The van der Waals surface area contributed by atoms with Crippen molar-refractivity contribution in [2.24, 2.45) is 0 Å². The van der Waals surface area contributed by atoms with Gasteiger partial charge in [0.25, 0.3) is 0 Å². The molecule has 1 atom stereocenters. The molecule has 1 aliphatic heterocycles. The van der Waals surface area contributed by atoms with Crippen LogP contribution < -0.4 is 10.1 Å². The number of amides is 2. The molecule has 0 aliphatic carbocycles. The number of benzene rings is 1. The fourth-order valence-corrected chi connectivity index (χ4v) is 2.30. The molecule has 0 aromatic heterocycles. The van der Waals surface area contributed by atoms with Crippen LogP contribution in [0.3, 0.4) is 0 Å². The van der Waals surface area contributed by atoms with Crippen molar-refractivity contribution in [3.05, 3.63) is 24.3 Å². The predicted molar refractivity (Wildman–Crippen MR) is 84.4 cm³/mol. The minimum absolute atomic E-state index is 0.149. The summed E-state index contributed by atoms with van der Waals surface area (Å²) in [6.07, 6.45) is 2.24. The summed E-state index contributed by atoms with van der Waals surface area (Å²) in [5.74, 6) is 0.705. The molecule has 2 amide bonds. The van der Waals surface area contributed by atoms with E-state index in [1.807, 2.05) is 18.2 Å². The molecule has 2 rings (SSSR count). The molecule has 22 heavy (non-hydrogen) atoms. The van der Waals surface area contributed by atoms with Gasteiger partial charge in [0.15, 0.2) is 0 Å². The van der Waals surface area contributed by atoms with E-state index in [9.17, 15) is 4.79 Å². The Kier molecular flexibility index (Phi) is 6.48. The maximum atomic E-state index is 12.2. The highest BCUT2D eigenvalue weighted by Gasteiger charge is 2.20. The van der Waals surface area contributed by atoms with Gasteiger partial charge in [0, 0.05) is 39.1 Å². The number of nitrogens with zero attached hydrogens (tertiary/aromatic N) is 1. The monoisotopic (exact) mass is 308 g/mol. The standard InChI is InChI=1S/C16H24N2O4/c1-18(12-15-7-4-8-21-15)16(19)17-13-5-3-6-14(11-13)22-10-9-20-2/h3,5-6,11,15H,4,7-10,12H2,1-2H3,(H,17,19). The average Bonchev–Trinajstić information content (AvgIpc) is 3.01. The molecular weight excluding hydrogens is 284 g/mol. The first-order chi connectivity index (χ1) is 10.7. The van der Waals surface area contributed by atoms with Crippen molar-refractivity contribution < 1.29 is 19.0 Å². The van der Waals surface area contributed by atoms with Crippen molar-refractivity contribution in [1.29, 1.82) is 0 Å². The Balaban J connectivity index is 1.83. The number of likely N-dealkylation sites (N-methyl/N-ethyl adjacent to an activating group) is 1. The second-order valence-corrected chi connectivity index (χ2v) is 5.31. The number of rotatable bonds is 7. The molecule has 0 saturated carbocycles. The maximum absolute atomic E-state index is 12.2. The smallest absolute Gasteiger partial charge is 0.321 e. The van der Waals surface area contributed by atoms with Gasteiger partial charge in [0.05, 0.1) is 12.7 Å². The third-order valence-corrected chi connectivity index (χ3v) is 3.49. The molecule has 1 aromatic carbocycles. The van der Waals surface area contributed by atoms with Gasteiger partial charge in [0.2, 0.25) is 0 Å². The second-order valence-electron chi connectivity index (χ2n) is 5.31. The Labute approximate surface area is 131 Å². The van der Waals surface area contributed by atoms with E-state index in [4.69, 9.17) is 14.2 Å². The molecule has 1 aromatic rings. The Morgan fingerprint density at radius 3 is 3.05 bits per heavy atom. The topological polar surface area (TPSA) is 60.0 Å². The van der Waals surface area contributed by atoms with Gasteiger partial charge in [-0.15, -0.1) is 0 Å². The molecule has 1 heterocycles. The van der Waals surface area contributed by atoms with Gasteiger partial charge in [-0.05, 0) is 25.0 Å². The molecule has 6 heteroatoms. The number of hydrogen-bond donors (Lipinski definition) is 1. The van der Waals surface area contributed by atoms with Crippen molar-refractivity contribution in [3.63, 3.8) is 0 Å². The first-order valence-electron chi connectivity index (χ1n) is 7.54. The second kappa shape index (κ2) is 8.60. The lowest BCUT2D eigenvalue weighted by molar-refractivity contribution is 0.0894. The molecule has 1 unspecified atom stereocenters. The van der Waals surface area contributed by atoms with E-state index in [0.717, 1.165) is 19.4 Å². The van der Waals surface area contributed by atoms with Gasteiger partial charge in [-0.1, -0.05) is 6.07 Å². The van der Waals surface area contributed by atoms with Crippen LogP contribution in [0.5, 0.6) is 5.75 Å². The summed E-state index contributed by atoms with van der Waals surface area (Å²) in [7, 11) is 3.40. The van der Waals surface area contributed by atoms with Crippen molar-refractivity contribution in [3.8, 4) is 5.75 Å². The van der Waals surface area contributed by atoms with Crippen LogP contribution in [0.4, 0.5) is 10.5 Å². The van der Waals surface area contributed by atoms with E-state index < -0.39 is 0 Å². The zero-order valence-electron chi connectivity index (χ0n) is 13.2. The van der Waals surface area contributed by atoms with Crippen LogP contribution in [0.15, 0.2) is 24.3 Å². The van der Waals surface area contributed by atoms with Crippen LogP contribution in [-0.2, 0) is 9.47 Å². The number of carbonyl (C=O) groups is 1. The Hall–Kier alpha value is -1.79. The molecule has 1 fully saturated rings. The fraction of sp³-hybridized carbons (Fsp3) is 0.562. The van der Waals surface area contributed by atoms with E-state index in [0.29, 0.717) is 31.2 Å². The highest BCUT2D eigenvalue weighted by Crippen LogP contribution is 2.18. The number of carbonyl (C=O) groups excluding carboxylic acids is 1. The molecule has 0 bridgehead atoms. The predicted octanol–water partition coefficient (Wildman–Crippen LogP) is 2.35. The number of urea groups is 1. The lowest BCUT2D eigenvalue weighted by Crippen LogP contribution is -2.37. The van der Waals surface area contributed by atoms with Crippen molar-refractivity contribution in [2.45, 2.75) is 18.9 Å². The Morgan fingerprint density at radius 2 is 2.32 bits per heavy atom. The van der Waals surface area contributed by atoms with E-state index in [1.165, 1.54) is 0 Å². The van der Waals surface area contributed by atoms with Gasteiger partial charge in [-0.25, -0.2) is 4.79 Å². The van der Waals surface area contributed by atoms with Gasteiger partial charge < -0.3 is 24.4 Å². The molecule has 1 saturated heterocycles. The molecule has 0 spiro atoms. The van der Waals surface area contributed by atoms with E-state index in [-0.39, 0.29) is 12.1 Å². The molecule has 1 aliphatic rings. The number of anilines is 1. The highest BCUT2D eigenvalue weighted by atomic mass is 16.5. The fourth-order valence-electron chi connectivity index (χ4n) is 2.30. The number of ether oxygens (including phenoxy) is 3. The highest BCUT2D eigenvalue weighted by molar-refractivity contribution is 5.89. The third-order valence-electron chi connectivity index (χ3n) is 3.49. The van der Waals surface area contributed by atoms with Crippen molar-refractivity contribution in [2.75, 3.05) is 45.8 Å². The first-order valence-corrected chi connectivity index (χ1v) is 7.54. The van der Waals surface area contributed by atoms with Crippen LogP contribution in [0.1, 0.15) is 12.8 Å². The zero-order chi connectivity index (χ0) is 15.8. The van der Waals surface area contributed by atoms with Gasteiger partial charge >= 0.3 is 6.03 Å². The van der Waals surface area contributed by atoms with Gasteiger partial charge in [0.1, 0.15) is 12.4 Å². The summed E-state index contributed by atoms with van der Waals surface area (Å²) in [5.41, 5.74) is 0.708. The molecule has 1 N–H and O–H groups in total. The molecule has 0 radical (unpaired) electrons. The summed E-state index contributed by atoms with van der Waals surface area (Å²) < 4.78 is 16.0. The lowest BCUT2D eigenvalue weighted by Gasteiger charge is -2.21. The number of nitrogens with one attached hydrogen (secondary N) is 1. The van der Waals surface area contributed by atoms with Crippen LogP contribution in [0.2, 0.25) is 0 Å². The van der Waals surface area contributed by atoms with E-state index >= 15 is 0 Å². The summed E-state index contributed by atoms with van der Waals surface area (Å²) in [5, 5.41) is 2.87. The molecular formula is C16H24N2O4. The number of hydrogen-bond acceptors (Lipinski definition) is 4. The minimum atomic E-state index is -0.149. The van der Waals surface area contributed by atoms with Crippen LogP contribution in [0, 0.1) is 0 Å². The summed E-state index contributed by atoms with van der Waals surface area (Å²) in [6.45, 7) is 2.41. The molecule has 122 valence electrons. The largest absolute Gasteiger partial charge is 0.491 e. The van der Waals surface area contributed by atoms with Gasteiger partial charge in [-0.3, -0.25) is 0 Å². The van der Waals surface area contributed by atoms with Crippen LogP contribution in [-0.4, -0.2) is 57.6 Å².